The summed E-state index contributed by atoms with van der Waals surface area (Å²) < 4.78 is 0. The predicted molar refractivity (Wildman–Crippen MR) is 88.8 cm³/mol. The van der Waals surface area contributed by atoms with Crippen LogP contribution in [0.4, 0.5) is 0 Å². The van der Waals surface area contributed by atoms with Crippen molar-refractivity contribution >= 4 is 17.3 Å². The molecule has 1 aliphatic carbocycles. The quantitative estimate of drug-likeness (QED) is 0.832. The van der Waals surface area contributed by atoms with Crippen LogP contribution in [0.25, 0.3) is 10.9 Å². The van der Waals surface area contributed by atoms with Crippen molar-refractivity contribution in [1.82, 2.24) is 9.88 Å². The molecule has 1 unspecified atom stereocenters. The fraction of sp³-hybridized carbons (Fsp3) is 0.526. The second kappa shape index (κ2) is 5.45. The van der Waals surface area contributed by atoms with Gasteiger partial charge >= 0.3 is 0 Å². The molecular weight excluding hydrogens is 272 g/mol. The van der Waals surface area contributed by atoms with Gasteiger partial charge in [0.15, 0.2) is 0 Å². The van der Waals surface area contributed by atoms with Crippen LogP contribution >= 0.6 is 0 Å². The summed E-state index contributed by atoms with van der Waals surface area (Å²) >= 11 is 0. The van der Waals surface area contributed by atoms with E-state index < -0.39 is 0 Å². The molecule has 1 N–H and O–H groups in total. The first-order chi connectivity index (χ1) is 10.8. The smallest absolute Gasteiger partial charge is 0.210 e. The molecule has 0 radical (unpaired) electrons. The number of nitrogens with one attached hydrogen (secondary N) is 1. The molecule has 1 saturated carbocycles. The molecule has 1 atom stereocenters. The standard InChI is InChI=1S/C19H24N2O/c1-13-7-8-17-16(11-13)15-9-10-21(12-22)19(18(15)20-17)14-5-3-2-4-6-14/h7-8,11-12,14,19-20H,2-6,9-10H2,1H3. The number of aryl methyl sites for hydroxylation is 1. The summed E-state index contributed by atoms with van der Waals surface area (Å²) in [6.45, 7) is 3.01. The summed E-state index contributed by atoms with van der Waals surface area (Å²) in [5, 5.41) is 1.36. The minimum absolute atomic E-state index is 0.259. The van der Waals surface area contributed by atoms with E-state index >= 15 is 0 Å². The molecule has 2 heterocycles. The Morgan fingerprint density at radius 3 is 2.82 bits per heavy atom. The average molecular weight is 296 g/mol. The molecular formula is C19H24N2O. The number of aromatic amines is 1. The second-order valence-electron chi connectivity index (χ2n) is 7.00. The number of carbonyl (C=O) groups is 1. The first-order valence-corrected chi connectivity index (χ1v) is 8.60. The van der Waals surface area contributed by atoms with Gasteiger partial charge in [-0.15, -0.1) is 0 Å². The molecule has 2 aromatic rings. The number of H-pyrrole nitrogens is 1. The van der Waals surface area contributed by atoms with E-state index in [-0.39, 0.29) is 6.04 Å². The average Bonchev–Trinajstić information content (AvgIpc) is 2.92. The van der Waals surface area contributed by atoms with E-state index in [9.17, 15) is 4.79 Å². The van der Waals surface area contributed by atoms with Gasteiger partial charge in [-0.25, -0.2) is 0 Å². The van der Waals surface area contributed by atoms with Crippen molar-refractivity contribution in [2.45, 2.75) is 51.5 Å². The van der Waals surface area contributed by atoms with Crippen LogP contribution in [-0.2, 0) is 11.2 Å². The van der Waals surface area contributed by atoms with Crippen LogP contribution in [0.3, 0.4) is 0 Å². The summed E-state index contributed by atoms with van der Waals surface area (Å²) in [7, 11) is 0. The van der Waals surface area contributed by atoms with Crippen LogP contribution in [0.1, 0.15) is 55.0 Å². The molecule has 2 aliphatic rings. The number of carbonyl (C=O) groups excluding carboxylic acids is 1. The number of hydrogen-bond acceptors (Lipinski definition) is 1. The van der Waals surface area contributed by atoms with E-state index in [0.29, 0.717) is 5.92 Å². The number of rotatable bonds is 2. The van der Waals surface area contributed by atoms with Gasteiger partial charge in [-0.1, -0.05) is 30.9 Å². The fourth-order valence-electron chi connectivity index (χ4n) is 4.52. The minimum Gasteiger partial charge on any atom is -0.356 e. The highest BCUT2D eigenvalue weighted by Gasteiger charge is 2.35. The second-order valence-corrected chi connectivity index (χ2v) is 7.00. The predicted octanol–water partition coefficient (Wildman–Crippen LogP) is 4.11. The Hall–Kier alpha value is -1.77. The Labute approximate surface area is 131 Å². The molecule has 4 rings (SSSR count). The summed E-state index contributed by atoms with van der Waals surface area (Å²) in [4.78, 5) is 17.3. The topological polar surface area (TPSA) is 36.1 Å². The van der Waals surface area contributed by atoms with Crippen molar-refractivity contribution in [1.29, 1.82) is 0 Å². The molecule has 1 aromatic carbocycles. The zero-order valence-electron chi connectivity index (χ0n) is 13.3. The maximum absolute atomic E-state index is 11.6. The lowest BCUT2D eigenvalue weighted by Crippen LogP contribution is -2.39. The van der Waals surface area contributed by atoms with Crippen LogP contribution in [0.5, 0.6) is 0 Å². The molecule has 1 fully saturated rings. The minimum atomic E-state index is 0.259. The van der Waals surface area contributed by atoms with Gasteiger partial charge in [0.05, 0.1) is 6.04 Å². The molecule has 116 valence electrons. The Kier molecular flexibility index (Phi) is 3.44. The summed E-state index contributed by atoms with van der Waals surface area (Å²) in [6.07, 6.45) is 8.51. The van der Waals surface area contributed by atoms with Crippen molar-refractivity contribution in [3.63, 3.8) is 0 Å². The highest BCUT2D eigenvalue weighted by atomic mass is 16.1. The van der Waals surface area contributed by atoms with Gasteiger partial charge in [0.25, 0.3) is 0 Å². The lowest BCUT2D eigenvalue weighted by atomic mass is 9.79. The molecule has 22 heavy (non-hydrogen) atoms. The third-order valence-electron chi connectivity index (χ3n) is 5.60. The number of nitrogens with zero attached hydrogens (tertiary/aromatic N) is 1. The van der Waals surface area contributed by atoms with Crippen LogP contribution in [0, 0.1) is 12.8 Å². The van der Waals surface area contributed by atoms with E-state index in [1.54, 1.807) is 0 Å². The highest BCUT2D eigenvalue weighted by Crippen LogP contribution is 2.43. The highest BCUT2D eigenvalue weighted by molar-refractivity contribution is 5.86. The van der Waals surface area contributed by atoms with Crippen LogP contribution in [-0.4, -0.2) is 22.8 Å². The van der Waals surface area contributed by atoms with Gasteiger partial charge in [0.2, 0.25) is 6.41 Å². The Bertz CT molecular complexity index is 697. The zero-order chi connectivity index (χ0) is 15.1. The number of fused-ring (bicyclic) bond motifs is 3. The molecule has 3 heteroatoms. The van der Waals surface area contributed by atoms with Crippen molar-refractivity contribution in [3.05, 3.63) is 35.0 Å². The summed E-state index contributed by atoms with van der Waals surface area (Å²) in [5.41, 5.74) is 5.30. The van der Waals surface area contributed by atoms with Crippen LogP contribution in [0.2, 0.25) is 0 Å². The molecule has 3 nitrogen and oxygen atoms in total. The van der Waals surface area contributed by atoms with E-state index in [4.69, 9.17) is 0 Å². The van der Waals surface area contributed by atoms with Crippen molar-refractivity contribution < 1.29 is 4.79 Å². The van der Waals surface area contributed by atoms with Crippen molar-refractivity contribution in [2.75, 3.05) is 6.54 Å². The maximum atomic E-state index is 11.6. The first kappa shape index (κ1) is 13.9. The van der Waals surface area contributed by atoms with E-state index in [1.807, 2.05) is 4.90 Å². The normalized spacial score (nSPS) is 22.8. The summed E-state index contributed by atoms with van der Waals surface area (Å²) in [5.74, 6) is 0.618. The molecule has 1 amide bonds. The lowest BCUT2D eigenvalue weighted by Gasteiger charge is -2.39. The molecule has 0 spiro atoms. The number of aromatic nitrogens is 1. The Balaban J connectivity index is 1.83. The van der Waals surface area contributed by atoms with Gasteiger partial charge in [0.1, 0.15) is 0 Å². The number of benzene rings is 1. The third kappa shape index (κ3) is 2.15. The molecule has 0 saturated heterocycles. The van der Waals surface area contributed by atoms with Gasteiger partial charge in [-0.05, 0) is 49.8 Å². The first-order valence-electron chi connectivity index (χ1n) is 8.60. The monoisotopic (exact) mass is 296 g/mol. The Morgan fingerprint density at radius 1 is 1.23 bits per heavy atom. The molecule has 1 aliphatic heterocycles. The van der Waals surface area contributed by atoms with Gasteiger partial charge in [-0.3, -0.25) is 4.79 Å². The number of hydrogen-bond donors (Lipinski definition) is 1. The SMILES string of the molecule is Cc1ccc2[nH]c3c(c2c1)CCN(C=O)C3C1CCCCC1. The zero-order valence-corrected chi connectivity index (χ0v) is 13.3. The third-order valence-corrected chi connectivity index (χ3v) is 5.60. The fourth-order valence-corrected chi connectivity index (χ4v) is 4.52. The van der Waals surface area contributed by atoms with E-state index in [1.165, 1.54) is 59.8 Å². The van der Waals surface area contributed by atoms with Crippen molar-refractivity contribution in [3.8, 4) is 0 Å². The molecule has 0 bridgehead atoms. The number of amides is 1. The van der Waals surface area contributed by atoms with E-state index in [2.05, 4.69) is 30.1 Å². The van der Waals surface area contributed by atoms with E-state index in [0.717, 1.165) is 19.4 Å². The van der Waals surface area contributed by atoms with Crippen LogP contribution < -0.4 is 0 Å². The molecule has 1 aromatic heterocycles. The van der Waals surface area contributed by atoms with Gasteiger partial charge in [0, 0.05) is 23.1 Å². The Morgan fingerprint density at radius 2 is 2.05 bits per heavy atom. The van der Waals surface area contributed by atoms with Crippen LogP contribution in [0.15, 0.2) is 18.2 Å². The largest absolute Gasteiger partial charge is 0.356 e. The van der Waals surface area contributed by atoms with Gasteiger partial charge in [-0.2, -0.15) is 0 Å². The van der Waals surface area contributed by atoms with Gasteiger partial charge < -0.3 is 9.88 Å². The lowest BCUT2D eigenvalue weighted by molar-refractivity contribution is -0.122. The van der Waals surface area contributed by atoms with Crippen molar-refractivity contribution in [2.24, 2.45) is 5.92 Å². The maximum Gasteiger partial charge on any atom is 0.210 e. The summed E-state index contributed by atoms with van der Waals surface area (Å²) in [6, 6.07) is 6.90.